The maximum atomic E-state index is 12.3. The van der Waals surface area contributed by atoms with Gasteiger partial charge < -0.3 is 14.8 Å². The number of ether oxygens (including phenoxy) is 2. The summed E-state index contributed by atoms with van der Waals surface area (Å²) in [5, 5.41) is 2.94. The van der Waals surface area contributed by atoms with Crippen molar-refractivity contribution in [1.29, 1.82) is 0 Å². The lowest BCUT2D eigenvalue weighted by molar-refractivity contribution is 0.0950. The molecule has 0 saturated carbocycles. The van der Waals surface area contributed by atoms with Gasteiger partial charge in [0.2, 0.25) is 0 Å². The number of carbonyl (C=O) groups excluding carboxylic acids is 1. The standard InChI is InChI=1S/C18H20BrNO3/c1-13-10-15(19)6-7-17(13)18(21)20-12-14-4-3-5-16(11-14)23-9-8-22-2/h3-7,10-11H,8-9,12H2,1-2H3,(H,20,21). The van der Waals surface area contributed by atoms with Gasteiger partial charge in [-0.05, 0) is 48.4 Å². The summed E-state index contributed by atoms with van der Waals surface area (Å²) in [5.74, 6) is 0.689. The summed E-state index contributed by atoms with van der Waals surface area (Å²) in [5.41, 5.74) is 2.61. The van der Waals surface area contributed by atoms with Crippen LogP contribution in [0.3, 0.4) is 0 Å². The Morgan fingerprint density at radius 1 is 1.17 bits per heavy atom. The summed E-state index contributed by atoms with van der Waals surface area (Å²) >= 11 is 3.40. The Hall–Kier alpha value is -1.85. The van der Waals surface area contributed by atoms with Gasteiger partial charge in [0.25, 0.3) is 5.91 Å². The molecule has 0 atom stereocenters. The molecule has 0 aliphatic rings. The highest BCUT2D eigenvalue weighted by Gasteiger charge is 2.09. The largest absolute Gasteiger partial charge is 0.491 e. The summed E-state index contributed by atoms with van der Waals surface area (Å²) in [6.45, 7) is 3.42. The zero-order chi connectivity index (χ0) is 16.7. The minimum absolute atomic E-state index is 0.0827. The van der Waals surface area contributed by atoms with Gasteiger partial charge in [0.1, 0.15) is 12.4 Å². The van der Waals surface area contributed by atoms with Crippen LogP contribution in [0.4, 0.5) is 0 Å². The maximum Gasteiger partial charge on any atom is 0.251 e. The summed E-state index contributed by atoms with van der Waals surface area (Å²) in [7, 11) is 1.64. The summed E-state index contributed by atoms with van der Waals surface area (Å²) < 4.78 is 11.5. The zero-order valence-corrected chi connectivity index (χ0v) is 14.9. The van der Waals surface area contributed by atoms with Gasteiger partial charge in [-0.3, -0.25) is 4.79 Å². The minimum Gasteiger partial charge on any atom is -0.491 e. The Kier molecular flexibility index (Phi) is 6.62. The molecule has 0 unspecified atom stereocenters. The smallest absolute Gasteiger partial charge is 0.251 e. The molecule has 2 aromatic carbocycles. The Bertz CT molecular complexity index is 673. The van der Waals surface area contributed by atoms with Crippen molar-refractivity contribution in [3.05, 3.63) is 63.6 Å². The van der Waals surface area contributed by atoms with Crippen molar-refractivity contribution in [2.45, 2.75) is 13.5 Å². The van der Waals surface area contributed by atoms with Crippen LogP contribution in [0.5, 0.6) is 5.75 Å². The number of amides is 1. The van der Waals surface area contributed by atoms with E-state index in [0.717, 1.165) is 21.3 Å². The predicted octanol–water partition coefficient (Wildman–Crippen LogP) is 3.71. The molecule has 0 fully saturated rings. The van der Waals surface area contributed by atoms with E-state index >= 15 is 0 Å². The minimum atomic E-state index is -0.0827. The molecular weight excluding hydrogens is 358 g/mol. The summed E-state index contributed by atoms with van der Waals surface area (Å²) in [6, 6.07) is 13.3. The highest BCUT2D eigenvalue weighted by Crippen LogP contribution is 2.16. The van der Waals surface area contributed by atoms with E-state index in [4.69, 9.17) is 9.47 Å². The number of rotatable bonds is 7. The molecule has 1 amide bonds. The van der Waals surface area contributed by atoms with Crippen molar-refractivity contribution < 1.29 is 14.3 Å². The first-order chi connectivity index (χ1) is 11.1. The average Bonchev–Trinajstić information content (AvgIpc) is 2.53. The van der Waals surface area contributed by atoms with Crippen LogP contribution in [0.25, 0.3) is 0 Å². The van der Waals surface area contributed by atoms with Gasteiger partial charge in [-0.2, -0.15) is 0 Å². The number of hydrogen-bond donors (Lipinski definition) is 1. The van der Waals surface area contributed by atoms with Crippen LogP contribution in [0, 0.1) is 6.92 Å². The van der Waals surface area contributed by atoms with Gasteiger partial charge >= 0.3 is 0 Å². The monoisotopic (exact) mass is 377 g/mol. The van der Waals surface area contributed by atoms with Crippen molar-refractivity contribution in [2.24, 2.45) is 0 Å². The number of benzene rings is 2. The van der Waals surface area contributed by atoms with E-state index in [1.165, 1.54) is 0 Å². The molecule has 0 bridgehead atoms. The van der Waals surface area contributed by atoms with E-state index in [9.17, 15) is 4.79 Å². The van der Waals surface area contributed by atoms with Crippen molar-refractivity contribution in [3.63, 3.8) is 0 Å². The fourth-order valence-corrected chi connectivity index (χ4v) is 2.62. The molecule has 23 heavy (non-hydrogen) atoms. The molecular formula is C18H20BrNO3. The molecule has 122 valence electrons. The van der Waals surface area contributed by atoms with Crippen LogP contribution in [0.1, 0.15) is 21.5 Å². The van der Waals surface area contributed by atoms with E-state index in [-0.39, 0.29) is 5.91 Å². The summed E-state index contributed by atoms with van der Waals surface area (Å²) in [6.07, 6.45) is 0. The Morgan fingerprint density at radius 3 is 2.74 bits per heavy atom. The molecule has 4 nitrogen and oxygen atoms in total. The molecule has 0 heterocycles. The third-order valence-electron chi connectivity index (χ3n) is 3.34. The van der Waals surface area contributed by atoms with Gasteiger partial charge in [-0.25, -0.2) is 0 Å². The third kappa shape index (κ3) is 5.37. The maximum absolute atomic E-state index is 12.3. The van der Waals surface area contributed by atoms with Crippen LogP contribution < -0.4 is 10.1 Å². The highest BCUT2D eigenvalue weighted by atomic mass is 79.9. The fraction of sp³-hybridized carbons (Fsp3) is 0.278. The van der Waals surface area contributed by atoms with Crippen LogP contribution in [-0.2, 0) is 11.3 Å². The van der Waals surface area contributed by atoms with E-state index in [0.29, 0.717) is 25.3 Å². The first kappa shape index (κ1) is 17.5. The van der Waals surface area contributed by atoms with E-state index in [1.807, 2.05) is 49.4 Å². The van der Waals surface area contributed by atoms with Crippen molar-refractivity contribution in [1.82, 2.24) is 5.32 Å². The van der Waals surface area contributed by atoms with E-state index in [1.54, 1.807) is 7.11 Å². The first-order valence-electron chi connectivity index (χ1n) is 7.35. The van der Waals surface area contributed by atoms with Crippen LogP contribution in [-0.4, -0.2) is 26.2 Å². The first-order valence-corrected chi connectivity index (χ1v) is 8.14. The zero-order valence-electron chi connectivity index (χ0n) is 13.3. The van der Waals surface area contributed by atoms with E-state index < -0.39 is 0 Å². The van der Waals surface area contributed by atoms with Gasteiger partial charge in [0.15, 0.2) is 0 Å². The lowest BCUT2D eigenvalue weighted by Gasteiger charge is -2.10. The Balaban J connectivity index is 1.94. The van der Waals surface area contributed by atoms with Crippen LogP contribution >= 0.6 is 15.9 Å². The number of hydrogen-bond acceptors (Lipinski definition) is 3. The number of aryl methyl sites for hydroxylation is 1. The third-order valence-corrected chi connectivity index (χ3v) is 3.83. The van der Waals surface area contributed by atoms with E-state index in [2.05, 4.69) is 21.2 Å². The Labute approximate surface area is 144 Å². The van der Waals surface area contributed by atoms with Gasteiger partial charge in [0, 0.05) is 23.7 Å². The van der Waals surface area contributed by atoms with Crippen LogP contribution in [0.15, 0.2) is 46.9 Å². The second kappa shape index (κ2) is 8.70. The SMILES string of the molecule is COCCOc1cccc(CNC(=O)c2ccc(Br)cc2C)c1. The second-order valence-electron chi connectivity index (χ2n) is 5.13. The molecule has 0 aliphatic heterocycles. The lowest BCUT2D eigenvalue weighted by Crippen LogP contribution is -2.23. The van der Waals surface area contributed by atoms with Gasteiger partial charge in [0.05, 0.1) is 6.61 Å². The fourth-order valence-electron chi connectivity index (χ4n) is 2.15. The molecule has 0 saturated heterocycles. The average molecular weight is 378 g/mol. The molecule has 0 aliphatic carbocycles. The number of nitrogens with one attached hydrogen (secondary N) is 1. The van der Waals surface area contributed by atoms with Gasteiger partial charge in [-0.1, -0.05) is 28.1 Å². The van der Waals surface area contributed by atoms with Crippen molar-refractivity contribution >= 4 is 21.8 Å². The normalized spacial score (nSPS) is 10.4. The molecule has 2 aromatic rings. The van der Waals surface area contributed by atoms with Crippen molar-refractivity contribution in [3.8, 4) is 5.75 Å². The molecule has 5 heteroatoms. The number of methoxy groups -OCH3 is 1. The van der Waals surface area contributed by atoms with Crippen molar-refractivity contribution in [2.75, 3.05) is 20.3 Å². The second-order valence-corrected chi connectivity index (χ2v) is 6.05. The lowest BCUT2D eigenvalue weighted by atomic mass is 10.1. The number of carbonyl (C=O) groups is 1. The quantitative estimate of drug-likeness (QED) is 0.748. The predicted molar refractivity (Wildman–Crippen MR) is 93.9 cm³/mol. The topological polar surface area (TPSA) is 47.6 Å². The number of halogens is 1. The van der Waals surface area contributed by atoms with Gasteiger partial charge in [-0.15, -0.1) is 0 Å². The highest BCUT2D eigenvalue weighted by molar-refractivity contribution is 9.10. The molecule has 0 spiro atoms. The molecule has 0 radical (unpaired) electrons. The van der Waals surface area contributed by atoms with Crippen LogP contribution in [0.2, 0.25) is 0 Å². The Morgan fingerprint density at radius 2 is 2.00 bits per heavy atom. The summed E-state index contributed by atoms with van der Waals surface area (Å²) in [4.78, 5) is 12.3. The molecule has 0 aromatic heterocycles. The molecule has 1 N–H and O–H groups in total. The molecule has 2 rings (SSSR count).